The molecule has 7 nitrogen and oxygen atoms in total. The molecule has 1 aliphatic rings. The number of carbonyl (C=O) groups excluding carboxylic acids is 2. The van der Waals surface area contributed by atoms with E-state index in [4.69, 9.17) is 0 Å². The van der Waals surface area contributed by atoms with Gasteiger partial charge in [0.1, 0.15) is 16.7 Å². The lowest BCUT2D eigenvalue weighted by molar-refractivity contribution is -0.125. The number of rotatable bonds is 6. The van der Waals surface area contributed by atoms with Crippen LogP contribution in [0, 0.1) is 0 Å². The average molecular weight is 416 g/mol. The Hall–Kier alpha value is -2.52. The van der Waals surface area contributed by atoms with Crippen LogP contribution in [-0.4, -0.2) is 44.1 Å². The predicted octanol–water partition coefficient (Wildman–Crippen LogP) is 3.01. The van der Waals surface area contributed by atoms with Crippen LogP contribution in [0.5, 0.6) is 0 Å². The van der Waals surface area contributed by atoms with Crippen molar-refractivity contribution in [1.29, 1.82) is 0 Å². The number of likely N-dealkylation sites (tertiary alicyclic amines) is 1. The number of hydrogen-bond donors (Lipinski definition) is 1. The number of thiophene rings is 1. The minimum Gasteiger partial charge on any atom is -0.349 e. The molecule has 0 radical (unpaired) electrons. The summed E-state index contributed by atoms with van der Waals surface area (Å²) in [6, 6.07) is 5.30. The lowest BCUT2D eigenvalue weighted by atomic mass is 10.2. The van der Waals surface area contributed by atoms with Crippen LogP contribution in [0.25, 0.3) is 9.88 Å². The summed E-state index contributed by atoms with van der Waals surface area (Å²) >= 11 is 3.22. The predicted molar refractivity (Wildman–Crippen MR) is 109 cm³/mol. The molecular formula is C19H21N5O2S2. The molecule has 1 fully saturated rings. The lowest BCUT2D eigenvalue weighted by Crippen LogP contribution is -2.46. The number of aromatic nitrogens is 3. The fourth-order valence-electron chi connectivity index (χ4n) is 3.39. The highest BCUT2D eigenvalue weighted by Gasteiger charge is 2.35. The van der Waals surface area contributed by atoms with E-state index in [2.05, 4.69) is 15.4 Å². The van der Waals surface area contributed by atoms with E-state index in [1.807, 2.05) is 29.8 Å². The molecule has 0 spiro atoms. The monoisotopic (exact) mass is 415 g/mol. The van der Waals surface area contributed by atoms with Gasteiger partial charge in [-0.15, -0.1) is 22.7 Å². The molecule has 0 aliphatic carbocycles. The van der Waals surface area contributed by atoms with Gasteiger partial charge in [0.25, 0.3) is 5.91 Å². The van der Waals surface area contributed by atoms with Crippen molar-refractivity contribution in [1.82, 2.24) is 25.0 Å². The van der Waals surface area contributed by atoms with E-state index in [0.717, 1.165) is 22.0 Å². The molecule has 9 heteroatoms. The summed E-state index contributed by atoms with van der Waals surface area (Å²) < 4.78 is 1.66. The highest BCUT2D eigenvalue weighted by molar-refractivity contribution is 7.20. The summed E-state index contributed by atoms with van der Waals surface area (Å²) in [6.45, 7) is 3.52. The second kappa shape index (κ2) is 8.24. The Balaban J connectivity index is 1.39. The zero-order valence-corrected chi connectivity index (χ0v) is 17.1. The lowest BCUT2D eigenvalue weighted by Gasteiger charge is -2.24. The maximum atomic E-state index is 12.9. The van der Waals surface area contributed by atoms with Gasteiger partial charge in [-0.25, -0.2) is 4.98 Å². The Bertz CT molecular complexity index is 963. The molecule has 2 amide bonds. The molecule has 28 heavy (non-hydrogen) atoms. The number of carbonyl (C=O) groups is 2. The first kappa shape index (κ1) is 18.8. The van der Waals surface area contributed by atoms with Gasteiger partial charge in [0.05, 0.1) is 17.1 Å². The van der Waals surface area contributed by atoms with Gasteiger partial charge in [-0.3, -0.25) is 14.3 Å². The zero-order valence-electron chi connectivity index (χ0n) is 15.5. The van der Waals surface area contributed by atoms with Crippen molar-refractivity contribution in [3.05, 3.63) is 46.5 Å². The maximum Gasteiger partial charge on any atom is 0.272 e. The number of aryl methyl sites for hydroxylation is 1. The van der Waals surface area contributed by atoms with E-state index in [9.17, 15) is 9.59 Å². The van der Waals surface area contributed by atoms with Crippen molar-refractivity contribution in [3.8, 4) is 9.88 Å². The highest BCUT2D eigenvalue weighted by atomic mass is 32.1. The highest BCUT2D eigenvalue weighted by Crippen LogP contribution is 2.28. The Morgan fingerprint density at radius 3 is 3.00 bits per heavy atom. The van der Waals surface area contributed by atoms with Crippen molar-refractivity contribution in [2.24, 2.45) is 0 Å². The van der Waals surface area contributed by atoms with Crippen LogP contribution >= 0.6 is 22.7 Å². The van der Waals surface area contributed by atoms with Crippen LogP contribution in [0.2, 0.25) is 0 Å². The molecule has 3 aromatic heterocycles. The second-order valence-corrected chi connectivity index (χ2v) is 8.33. The maximum absolute atomic E-state index is 12.9. The molecule has 1 aliphatic heterocycles. The van der Waals surface area contributed by atoms with E-state index in [1.54, 1.807) is 44.5 Å². The molecule has 0 aromatic carbocycles. The molecule has 1 atom stereocenters. The first-order valence-electron chi connectivity index (χ1n) is 9.26. The van der Waals surface area contributed by atoms with Gasteiger partial charge in [-0.1, -0.05) is 6.07 Å². The van der Waals surface area contributed by atoms with Gasteiger partial charge in [-0.2, -0.15) is 5.10 Å². The van der Waals surface area contributed by atoms with Crippen LogP contribution in [0.4, 0.5) is 0 Å². The Kier molecular flexibility index (Phi) is 5.54. The topological polar surface area (TPSA) is 80.1 Å². The van der Waals surface area contributed by atoms with Gasteiger partial charge in [0, 0.05) is 24.7 Å². The first-order chi connectivity index (χ1) is 13.7. The summed E-state index contributed by atoms with van der Waals surface area (Å²) in [5.74, 6) is -0.260. The fourth-order valence-corrected chi connectivity index (χ4v) is 5.03. The molecule has 1 N–H and O–H groups in total. The molecule has 0 saturated carbocycles. The normalized spacial score (nSPS) is 16.5. The van der Waals surface area contributed by atoms with Crippen molar-refractivity contribution in [3.63, 3.8) is 0 Å². The summed E-state index contributed by atoms with van der Waals surface area (Å²) in [6.07, 6.45) is 3.12. The van der Waals surface area contributed by atoms with Crippen molar-refractivity contribution < 1.29 is 9.59 Å². The molecule has 4 rings (SSSR count). The summed E-state index contributed by atoms with van der Waals surface area (Å²) in [5.41, 5.74) is 1.36. The third-order valence-electron chi connectivity index (χ3n) is 4.78. The van der Waals surface area contributed by atoms with Gasteiger partial charge in [0.2, 0.25) is 5.91 Å². The van der Waals surface area contributed by atoms with E-state index < -0.39 is 6.04 Å². The van der Waals surface area contributed by atoms with Crippen molar-refractivity contribution in [2.75, 3.05) is 6.54 Å². The number of amides is 2. The van der Waals surface area contributed by atoms with Crippen LogP contribution in [0.15, 0.2) is 35.2 Å². The third kappa shape index (κ3) is 3.72. The van der Waals surface area contributed by atoms with E-state index in [-0.39, 0.29) is 11.8 Å². The Morgan fingerprint density at radius 1 is 1.32 bits per heavy atom. The largest absolute Gasteiger partial charge is 0.349 e. The molecule has 1 saturated heterocycles. The van der Waals surface area contributed by atoms with Gasteiger partial charge < -0.3 is 10.2 Å². The molecule has 146 valence electrons. The van der Waals surface area contributed by atoms with Gasteiger partial charge >= 0.3 is 0 Å². The summed E-state index contributed by atoms with van der Waals surface area (Å²) in [5, 5.41) is 12.1. The van der Waals surface area contributed by atoms with Gasteiger partial charge in [-0.05, 0) is 37.3 Å². The zero-order chi connectivity index (χ0) is 19.5. The minimum absolute atomic E-state index is 0.126. The van der Waals surface area contributed by atoms with Crippen molar-refractivity contribution in [2.45, 2.75) is 38.9 Å². The van der Waals surface area contributed by atoms with Crippen LogP contribution in [-0.2, 0) is 17.9 Å². The van der Waals surface area contributed by atoms with Crippen LogP contribution < -0.4 is 5.32 Å². The number of hydrogen-bond acceptors (Lipinski definition) is 6. The summed E-state index contributed by atoms with van der Waals surface area (Å²) in [4.78, 5) is 33.0. The number of nitrogens with one attached hydrogen (secondary N) is 1. The van der Waals surface area contributed by atoms with Crippen LogP contribution in [0.1, 0.15) is 35.9 Å². The molecular weight excluding hydrogens is 394 g/mol. The SMILES string of the molecule is CCn1nccc1C(=O)N1CCCC1C(=O)NCc1csc(-c2cccs2)n1. The quantitative estimate of drug-likeness (QED) is 0.671. The molecule has 4 heterocycles. The van der Waals surface area contributed by atoms with Crippen molar-refractivity contribution >= 4 is 34.5 Å². The first-order valence-corrected chi connectivity index (χ1v) is 11.0. The van der Waals surface area contributed by atoms with Gasteiger partial charge in [0.15, 0.2) is 0 Å². The minimum atomic E-state index is -0.442. The van der Waals surface area contributed by atoms with E-state index in [0.29, 0.717) is 31.7 Å². The average Bonchev–Trinajstić information content (AvgIpc) is 3.50. The van der Waals surface area contributed by atoms with E-state index >= 15 is 0 Å². The fraction of sp³-hybridized carbons (Fsp3) is 0.368. The smallest absolute Gasteiger partial charge is 0.272 e. The van der Waals surface area contributed by atoms with E-state index in [1.165, 1.54) is 0 Å². The summed E-state index contributed by atoms with van der Waals surface area (Å²) in [7, 11) is 0. The molecule has 3 aromatic rings. The second-order valence-electron chi connectivity index (χ2n) is 6.53. The Morgan fingerprint density at radius 2 is 2.21 bits per heavy atom. The van der Waals surface area contributed by atoms with Crippen LogP contribution in [0.3, 0.4) is 0 Å². The Labute approximate surface area is 171 Å². The number of thiazole rings is 1. The standard InChI is InChI=1S/C19H21N5O2S2/c1-2-24-15(7-8-21-24)19(26)23-9-3-5-14(23)17(25)20-11-13-12-28-18(22-13)16-6-4-10-27-16/h4,6-8,10,12,14H,2-3,5,9,11H2,1H3,(H,20,25). The molecule has 0 bridgehead atoms. The number of nitrogens with zero attached hydrogens (tertiary/aromatic N) is 4. The third-order valence-corrected chi connectivity index (χ3v) is 6.71. The molecule has 1 unspecified atom stereocenters.